The Labute approximate surface area is 113 Å². The molecule has 1 amide bonds. The first-order valence-electron chi connectivity index (χ1n) is 6.37. The van der Waals surface area contributed by atoms with Gasteiger partial charge in [0.05, 0.1) is 11.7 Å². The van der Waals surface area contributed by atoms with Crippen molar-refractivity contribution in [3.05, 3.63) is 0 Å². The fourth-order valence-electron chi connectivity index (χ4n) is 2.35. The van der Waals surface area contributed by atoms with Crippen molar-refractivity contribution < 1.29 is 9.90 Å². The van der Waals surface area contributed by atoms with Crippen LogP contribution in [-0.2, 0) is 4.79 Å². The van der Waals surface area contributed by atoms with Crippen LogP contribution in [0.3, 0.4) is 0 Å². The zero-order chi connectivity index (χ0) is 13.6. The number of hydrogen-bond donors (Lipinski definition) is 2. The van der Waals surface area contributed by atoms with Crippen molar-refractivity contribution in [3.8, 4) is 6.07 Å². The summed E-state index contributed by atoms with van der Waals surface area (Å²) in [7, 11) is 0. The van der Waals surface area contributed by atoms with E-state index in [1.165, 1.54) is 11.8 Å². The molecule has 5 heteroatoms. The van der Waals surface area contributed by atoms with E-state index in [0.717, 1.165) is 19.3 Å². The molecule has 1 unspecified atom stereocenters. The number of nitriles is 1. The summed E-state index contributed by atoms with van der Waals surface area (Å²) in [5, 5.41) is 22.0. The van der Waals surface area contributed by atoms with Gasteiger partial charge in [-0.15, -0.1) is 0 Å². The van der Waals surface area contributed by atoms with Crippen molar-refractivity contribution in [2.45, 2.75) is 44.6 Å². The third-order valence-electron chi connectivity index (χ3n) is 3.44. The van der Waals surface area contributed by atoms with Gasteiger partial charge in [0.2, 0.25) is 5.91 Å². The summed E-state index contributed by atoms with van der Waals surface area (Å²) in [4.78, 5) is 12.2. The van der Waals surface area contributed by atoms with Gasteiger partial charge in [0.25, 0.3) is 0 Å². The maximum Gasteiger partial charge on any atom is 0.240 e. The van der Waals surface area contributed by atoms with Crippen LogP contribution in [0.4, 0.5) is 0 Å². The molecule has 1 rings (SSSR count). The number of rotatable bonds is 5. The van der Waals surface area contributed by atoms with E-state index in [4.69, 9.17) is 0 Å². The SMILES string of the molecule is CSCC(C)(O)CNC(=O)C1(C#N)CCCCC1. The van der Waals surface area contributed by atoms with Crippen molar-refractivity contribution in [1.82, 2.24) is 5.32 Å². The van der Waals surface area contributed by atoms with E-state index in [1.807, 2.05) is 6.26 Å². The molecule has 102 valence electrons. The molecule has 0 aliphatic heterocycles. The van der Waals surface area contributed by atoms with Gasteiger partial charge in [-0.3, -0.25) is 4.79 Å². The first kappa shape index (κ1) is 15.3. The van der Waals surface area contributed by atoms with Crippen molar-refractivity contribution in [2.24, 2.45) is 5.41 Å². The molecule has 0 aromatic rings. The summed E-state index contributed by atoms with van der Waals surface area (Å²) in [6, 6.07) is 2.19. The molecule has 2 N–H and O–H groups in total. The number of aliphatic hydroxyl groups is 1. The third kappa shape index (κ3) is 3.89. The van der Waals surface area contributed by atoms with Crippen LogP contribution >= 0.6 is 11.8 Å². The monoisotopic (exact) mass is 270 g/mol. The lowest BCUT2D eigenvalue weighted by atomic mass is 9.74. The number of nitrogens with one attached hydrogen (secondary N) is 1. The Hall–Kier alpha value is -0.730. The Morgan fingerprint density at radius 2 is 2.11 bits per heavy atom. The largest absolute Gasteiger partial charge is 0.387 e. The van der Waals surface area contributed by atoms with Crippen molar-refractivity contribution in [3.63, 3.8) is 0 Å². The highest BCUT2D eigenvalue weighted by atomic mass is 32.2. The zero-order valence-electron chi connectivity index (χ0n) is 11.2. The van der Waals surface area contributed by atoms with Crippen molar-refractivity contribution >= 4 is 17.7 Å². The molecule has 0 radical (unpaired) electrons. The van der Waals surface area contributed by atoms with E-state index in [9.17, 15) is 15.2 Å². The average molecular weight is 270 g/mol. The Balaban J connectivity index is 2.56. The molecule has 0 saturated heterocycles. The lowest BCUT2D eigenvalue weighted by Crippen LogP contribution is -2.48. The predicted molar refractivity (Wildman–Crippen MR) is 73.1 cm³/mol. The Morgan fingerprint density at radius 1 is 1.50 bits per heavy atom. The fourth-order valence-corrected chi connectivity index (χ4v) is 3.07. The number of carbonyl (C=O) groups is 1. The highest BCUT2D eigenvalue weighted by Crippen LogP contribution is 2.35. The molecule has 0 spiro atoms. The van der Waals surface area contributed by atoms with Crippen LogP contribution in [0.25, 0.3) is 0 Å². The molecule has 4 nitrogen and oxygen atoms in total. The minimum Gasteiger partial charge on any atom is -0.387 e. The first-order valence-corrected chi connectivity index (χ1v) is 7.76. The molecule has 1 fully saturated rings. The second-order valence-electron chi connectivity index (χ2n) is 5.37. The standard InChI is InChI=1S/C13H22N2O2S/c1-12(17,10-18-2)9-15-11(16)13(8-14)6-4-3-5-7-13/h17H,3-7,9-10H2,1-2H3,(H,15,16). The van der Waals surface area contributed by atoms with E-state index < -0.39 is 11.0 Å². The molecular weight excluding hydrogens is 248 g/mol. The van der Waals surface area contributed by atoms with E-state index >= 15 is 0 Å². The Bertz CT molecular complexity index is 330. The highest BCUT2D eigenvalue weighted by molar-refractivity contribution is 7.98. The highest BCUT2D eigenvalue weighted by Gasteiger charge is 2.40. The smallest absolute Gasteiger partial charge is 0.240 e. The van der Waals surface area contributed by atoms with E-state index in [-0.39, 0.29) is 12.5 Å². The second kappa shape index (κ2) is 6.44. The molecule has 18 heavy (non-hydrogen) atoms. The summed E-state index contributed by atoms with van der Waals surface area (Å²) in [5.41, 5.74) is -1.78. The lowest BCUT2D eigenvalue weighted by Gasteiger charge is -2.31. The van der Waals surface area contributed by atoms with E-state index in [2.05, 4.69) is 11.4 Å². The Kier molecular flexibility index (Phi) is 5.48. The molecule has 0 bridgehead atoms. The van der Waals surface area contributed by atoms with Crippen LogP contribution in [0.2, 0.25) is 0 Å². The topological polar surface area (TPSA) is 73.1 Å². The fraction of sp³-hybridized carbons (Fsp3) is 0.846. The molecule has 1 saturated carbocycles. The van der Waals surface area contributed by atoms with Gasteiger partial charge in [0.1, 0.15) is 5.41 Å². The van der Waals surface area contributed by atoms with Gasteiger partial charge >= 0.3 is 0 Å². The first-order chi connectivity index (χ1) is 8.46. The van der Waals surface area contributed by atoms with E-state index in [1.54, 1.807) is 6.92 Å². The van der Waals surface area contributed by atoms with Crippen LogP contribution in [0.5, 0.6) is 0 Å². The van der Waals surface area contributed by atoms with Gasteiger partial charge in [-0.25, -0.2) is 0 Å². The zero-order valence-corrected chi connectivity index (χ0v) is 12.0. The van der Waals surface area contributed by atoms with Crippen LogP contribution in [0, 0.1) is 16.7 Å². The minimum absolute atomic E-state index is 0.204. The van der Waals surface area contributed by atoms with Gasteiger partial charge in [-0.1, -0.05) is 19.3 Å². The molecule has 1 aliphatic carbocycles. The van der Waals surface area contributed by atoms with Gasteiger partial charge in [0.15, 0.2) is 0 Å². The van der Waals surface area contributed by atoms with E-state index in [0.29, 0.717) is 18.6 Å². The normalized spacial score (nSPS) is 21.7. The van der Waals surface area contributed by atoms with Crippen molar-refractivity contribution in [1.29, 1.82) is 5.26 Å². The average Bonchev–Trinajstić information content (AvgIpc) is 2.37. The van der Waals surface area contributed by atoms with Crippen LogP contribution in [0.15, 0.2) is 0 Å². The Morgan fingerprint density at radius 3 is 2.61 bits per heavy atom. The van der Waals surface area contributed by atoms with Gasteiger partial charge in [-0.05, 0) is 26.0 Å². The molecule has 1 atom stereocenters. The number of amides is 1. The number of hydrogen-bond acceptors (Lipinski definition) is 4. The van der Waals surface area contributed by atoms with Crippen molar-refractivity contribution in [2.75, 3.05) is 18.6 Å². The number of carbonyl (C=O) groups excluding carboxylic acids is 1. The number of thioether (sulfide) groups is 1. The van der Waals surface area contributed by atoms with Crippen LogP contribution in [-0.4, -0.2) is 35.2 Å². The quantitative estimate of drug-likeness (QED) is 0.797. The maximum atomic E-state index is 12.2. The molecular formula is C13H22N2O2S. The minimum atomic E-state index is -0.916. The molecule has 0 aromatic heterocycles. The lowest BCUT2D eigenvalue weighted by molar-refractivity contribution is -0.130. The molecule has 1 aliphatic rings. The summed E-state index contributed by atoms with van der Waals surface area (Å²) < 4.78 is 0. The third-order valence-corrected chi connectivity index (χ3v) is 4.35. The molecule has 0 heterocycles. The van der Waals surface area contributed by atoms with Gasteiger partial charge in [0, 0.05) is 12.3 Å². The van der Waals surface area contributed by atoms with Gasteiger partial charge < -0.3 is 10.4 Å². The predicted octanol–water partition coefficient (Wildman–Crippen LogP) is 1.69. The maximum absolute atomic E-state index is 12.2. The second-order valence-corrected chi connectivity index (χ2v) is 6.23. The number of nitrogens with zero attached hydrogens (tertiary/aromatic N) is 1. The summed E-state index contributed by atoms with van der Waals surface area (Å²) >= 11 is 1.53. The summed E-state index contributed by atoms with van der Waals surface area (Å²) in [6.07, 6.45) is 6.15. The van der Waals surface area contributed by atoms with Crippen LogP contribution < -0.4 is 5.32 Å². The molecule has 0 aromatic carbocycles. The summed E-state index contributed by atoms with van der Waals surface area (Å²) in [6.45, 7) is 1.90. The summed E-state index contributed by atoms with van der Waals surface area (Å²) in [5.74, 6) is 0.346. The van der Waals surface area contributed by atoms with Gasteiger partial charge in [-0.2, -0.15) is 17.0 Å². The van der Waals surface area contributed by atoms with Crippen LogP contribution in [0.1, 0.15) is 39.0 Å².